The normalized spacial score (nSPS) is 12.2. The zero-order valence-corrected chi connectivity index (χ0v) is 20.1. The van der Waals surface area contributed by atoms with Crippen LogP contribution in [0.2, 0.25) is 0 Å². The van der Waals surface area contributed by atoms with E-state index in [9.17, 15) is 14.0 Å². The highest BCUT2D eigenvalue weighted by atomic mass is 19.1. The molecule has 2 N–H and O–H groups in total. The van der Waals surface area contributed by atoms with Crippen molar-refractivity contribution in [3.8, 4) is 17.1 Å². The van der Waals surface area contributed by atoms with Gasteiger partial charge in [-0.05, 0) is 68.8 Å². The lowest BCUT2D eigenvalue weighted by Gasteiger charge is -2.19. The monoisotopic (exact) mass is 486 g/mol. The van der Waals surface area contributed by atoms with E-state index in [1.54, 1.807) is 24.6 Å². The molecule has 0 aliphatic rings. The first kappa shape index (κ1) is 23.2. The Hall–Kier alpha value is -4.53. The Labute approximate surface area is 205 Å². The van der Waals surface area contributed by atoms with Gasteiger partial charge in [0.15, 0.2) is 16.9 Å². The van der Waals surface area contributed by atoms with Crippen molar-refractivity contribution in [2.24, 2.45) is 12.8 Å². The molecule has 0 aliphatic carbocycles. The summed E-state index contributed by atoms with van der Waals surface area (Å²) in [6.07, 6.45) is 1.21. The van der Waals surface area contributed by atoms with Crippen LogP contribution in [-0.4, -0.2) is 20.7 Å². The van der Waals surface area contributed by atoms with Crippen molar-refractivity contribution in [2.45, 2.75) is 26.9 Å². The van der Waals surface area contributed by atoms with Crippen molar-refractivity contribution in [3.05, 3.63) is 87.2 Å². The van der Waals surface area contributed by atoms with Gasteiger partial charge in [0, 0.05) is 35.3 Å². The van der Waals surface area contributed by atoms with Crippen LogP contribution in [0.15, 0.2) is 57.9 Å². The number of benzene rings is 2. The highest BCUT2D eigenvalue weighted by molar-refractivity contribution is 5.93. The topological polar surface area (TPSA) is 113 Å². The molecule has 3 aromatic heterocycles. The van der Waals surface area contributed by atoms with Gasteiger partial charge in [0.1, 0.15) is 17.4 Å². The second kappa shape index (κ2) is 8.60. The summed E-state index contributed by atoms with van der Waals surface area (Å²) in [6, 6.07) is 11.7. The van der Waals surface area contributed by atoms with Crippen molar-refractivity contribution in [1.82, 2.24) is 14.8 Å². The molecule has 182 valence electrons. The van der Waals surface area contributed by atoms with Crippen LogP contribution in [0.4, 0.5) is 4.39 Å². The first-order valence-corrected chi connectivity index (χ1v) is 11.3. The molecule has 0 spiro atoms. The third-order valence-electron chi connectivity index (χ3n) is 6.07. The van der Waals surface area contributed by atoms with Crippen molar-refractivity contribution in [3.63, 3.8) is 0 Å². The van der Waals surface area contributed by atoms with Crippen LogP contribution in [0.5, 0.6) is 5.75 Å². The largest absolute Gasteiger partial charge is 0.483 e. The van der Waals surface area contributed by atoms with Gasteiger partial charge in [-0.3, -0.25) is 14.3 Å². The summed E-state index contributed by atoms with van der Waals surface area (Å²) in [7, 11) is 1.84. The average molecular weight is 487 g/mol. The smallest absolute Gasteiger partial charge is 0.271 e. The standard InChI is InChI=1S/C27H23FN4O4/c1-13-9-18(15(3)35-21-7-8-22(28)30-23(21)27(29)34)26-19(10-13)24(33)14(2)25(36-26)16-5-6-20-17(11-16)12-32(4)31-20/h5-12,15H,1-4H3,(H2,29,34). The van der Waals surface area contributed by atoms with Gasteiger partial charge in [-0.25, -0.2) is 4.98 Å². The second-order valence-corrected chi connectivity index (χ2v) is 8.80. The van der Waals surface area contributed by atoms with Crippen LogP contribution in [0.3, 0.4) is 0 Å². The zero-order chi connectivity index (χ0) is 25.7. The lowest BCUT2D eigenvalue weighted by molar-refractivity contribution is 0.0987. The Morgan fingerprint density at radius 1 is 1.17 bits per heavy atom. The molecule has 9 heteroatoms. The van der Waals surface area contributed by atoms with Gasteiger partial charge in [-0.1, -0.05) is 0 Å². The highest BCUT2D eigenvalue weighted by Gasteiger charge is 2.22. The molecule has 0 radical (unpaired) electrons. The Morgan fingerprint density at radius 2 is 1.94 bits per heavy atom. The number of hydrogen-bond donors (Lipinski definition) is 1. The number of carbonyl (C=O) groups excluding carboxylic acids is 1. The number of aromatic nitrogens is 3. The van der Waals surface area contributed by atoms with Crippen molar-refractivity contribution >= 4 is 27.8 Å². The average Bonchev–Trinajstić information content (AvgIpc) is 3.21. The fraction of sp³-hybridized carbons (Fsp3) is 0.185. The number of primary amides is 1. The summed E-state index contributed by atoms with van der Waals surface area (Å²) < 4.78 is 27.7. The lowest BCUT2D eigenvalue weighted by Crippen LogP contribution is -2.17. The van der Waals surface area contributed by atoms with E-state index in [0.29, 0.717) is 27.9 Å². The molecule has 1 amide bonds. The van der Waals surface area contributed by atoms with Crippen molar-refractivity contribution in [2.75, 3.05) is 0 Å². The molecule has 0 fully saturated rings. The Kier molecular flexibility index (Phi) is 5.55. The van der Waals surface area contributed by atoms with E-state index < -0.39 is 18.0 Å². The van der Waals surface area contributed by atoms with Gasteiger partial charge in [0.25, 0.3) is 5.91 Å². The lowest BCUT2D eigenvalue weighted by atomic mass is 9.99. The van der Waals surface area contributed by atoms with Crippen LogP contribution in [0.25, 0.3) is 33.2 Å². The number of fused-ring (bicyclic) bond motifs is 2. The van der Waals surface area contributed by atoms with E-state index >= 15 is 0 Å². The first-order valence-electron chi connectivity index (χ1n) is 11.3. The van der Waals surface area contributed by atoms with E-state index in [-0.39, 0.29) is 16.9 Å². The molecule has 0 bridgehead atoms. The molecular formula is C27H23FN4O4. The molecule has 5 rings (SSSR count). The zero-order valence-electron chi connectivity index (χ0n) is 20.1. The maximum Gasteiger partial charge on any atom is 0.271 e. The number of aryl methyl sites for hydroxylation is 2. The second-order valence-electron chi connectivity index (χ2n) is 8.80. The van der Waals surface area contributed by atoms with E-state index in [1.165, 1.54) is 6.07 Å². The molecule has 1 unspecified atom stereocenters. The van der Waals surface area contributed by atoms with Crippen LogP contribution in [0.1, 0.15) is 40.2 Å². The molecule has 0 saturated carbocycles. The Bertz CT molecular complexity index is 1740. The predicted molar refractivity (Wildman–Crippen MR) is 133 cm³/mol. The number of nitrogens with two attached hydrogens (primary N) is 1. The molecule has 0 saturated heterocycles. The van der Waals surface area contributed by atoms with Crippen LogP contribution < -0.4 is 15.9 Å². The number of carbonyl (C=O) groups is 1. The Morgan fingerprint density at radius 3 is 2.69 bits per heavy atom. The number of nitrogens with zero attached hydrogens (tertiary/aromatic N) is 3. The quantitative estimate of drug-likeness (QED) is 0.359. The molecular weight excluding hydrogens is 463 g/mol. The summed E-state index contributed by atoms with van der Waals surface area (Å²) in [5, 5.41) is 5.73. The number of rotatable bonds is 5. The molecule has 2 aromatic carbocycles. The number of ether oxygens (including phenoxy) is 1. The van der Waals surface area contributed by atoms with Gasteiger partial charge in [-0.15, -0.1) is 0 Å². The van der Waals surface area contributed by atoms with E-state index in [1.807, 2.05) is 44.4 Å². The summed E-state index contributed by atoms with van der Waals surface area (Å²) >= 11 is 0. The van der Waals surface area contributed by atoms with E-state index in [2.05, 4.69) is 10.1 Å². The van der Waals surface area contributed by atoms with Gasteiger partial charge >= 0.3 is 0 Å². The third-order valence-corrected chi connectivity index (χ3v) is 6.07. The fourth-order valence-electron chi connectivity index (χ4n) is 4.38. The van der Waals surface area contributed by atoms with E-state index in [4.69, 9.17) is 14.9 Å². The minimum atomic E-state index is -0.916. The minimum absolute atomic E-state index is 0.0303. The summed E-state index contributed by atoms with van der Waals surface area (Å²) in [6.45, 7) is 5.34. The first-order chi connectivity index (χ1) is 17.1. The van der Waals surface area contributed by atoms with Crippen LogP contribution in [0, 0.1) is 19.8 Å². The fourth-order valence-corrected chi connectivity index (χ4v) is 4.38. The molecule has 5 aromatic rings. The van der Waals surface area contributed by atoms with Crippen LogP contribution in [-0.2, 0) is 7.05 Å². The Balaban J connectivity index is 1.67. The molecule has 8 nitrogen and oxygen atoms in total. The molecule has 36 heavy (non-hydrogen) atoms. The van der Waals surface area contributed by atoms with Crippen molar-refractivity contribution in [1.29, 1.82) is 0 Å². The molecule has 1 atom stereocenters. The van der Waals surface area contributed by atoms with Gasteiger partial charge in [0.2, 0.25) is 5.95 Å². The minimum Gasteiger partial charge on any atom is -0.483 e. The van der Waals surface area contributed by atoms with Gasteiger partial charge < -0.3 is 14.9 Å². The van der Waals surface area contributed by atoms with Gasteiger partial charge in [-0.2, -0.15) is 9.49 Å². The number of hydrogen-bond acceptors (Lipinski definition) is 6. The number of pyridine rings is 1. The SMILES string of the molecule is Cc1cc(C(C)Oc2ccc(F)nc2C(N)=O)c2oc(-c3ccc4nn(C)cc4c3)c(C)c(=O)c2c1. The molecule has 0 aliphatic heterocycles. The van der Waals surface area contributed by atoms with Gasteiger partial charge in [0.05, 0.1) is 10.9 Å². The maximum atomic E-state index is 13.6. The van der Waals surface area contributed by atoms with Crippen molar-refractivity contribution < 1.29 is 18.3 Å². The third kappa shape index (κ3) is 3.98. The maximum absolute atomic E-state index is 13.6. The van der Waals surface area contributed by atoms with Crippen LogP contribution >= 0.6 is 0 Å². The van der Waals surface area contributed by atoms with E-state index in [0.717, 1.165) is 28.1 Å². The highest BCUT2D eigenvalue weighted by Crippen LogP contribution is 2.34. The summed E-state index contributed by atoms with van der Waals surface area (Å²) in [5.74, 6) is -1.29. The molecule has 3 heterocycles. The predicted octanol–water partition coefficient (Wildman–Crippen LogP) is 4.74. The summed E-state index contributed by atoms with van der Waals surface area (Å²) in [4.78, 5) is 28.8. The number of amides is 1. The summed E-state index contributed by atoms with van der Waals surface area (Å²) in [5.41, 5.74) is 8.72. The number of halogens is 1.